The van der Waals surface area contributed by atoms with Crippen molar-refractivity contribution in [2.24, 2.45) is 0 Å². The van der Waals surface area contributed by atoms with Crippen molar-refractivity contribution < 1.29 is 9.13 Å². The zero-order valence-corrected chi connectivity index (χ0v) is 12.8. The Morgan fingerprint density at radius 3 is 2.15 bits per heavy atom. The summed E-state index contributed by atoms with van der Waals surface area (Å²) in [5.74, 6) is 0.756. The molecule has 20 heavy (non-hydrogen) atoms. The van der Waals surface area contributed by atoms with Gasteiger partial charge in [0.1, 0.15) is 18.5 Å². The molecule has 0 aliphatic carbocycles. The van der Waals surface area contributed by atoms with Crippen LogP contribution in [0.4, 0.5) is 4.39 Å². The normalized spacial score (nSPS) is 12.3. The SMILES string of the molecule is CCCCCCCCCCC(F)COc1ccccc1. The van der Waals surface area contributed by atoms with Crippen LogP contribution < -0.4 is 4.74 Å². The molecule has 0 saturated carbocycles. The second-order valence-electron chi connectivity index (χ2n) is 5.48. The lowest BCUT2D eigenvalue weighted by atomic mass is 10.1. The van der Waals surface area contributed by atoms with Crippen molar-refractivity contribution in [3.8, 4) is 5.75 Å². The first-order valence-electron chi connectivity index (χ1n) is 8.15. The van der Waals surface area contributed by atoms with Gasteiger partial charge in [-0.1, -0.05) is 76.5 Å². The van der Waals surface area contributed by atoms with Crippen LogP contribution in [0.1, 0.15) is 64.7 Å². The molecule has 1 unspecified atom stereocenters. The molecule has 0 saturated heterocycles. The number of unbranched alkanes of at least 4 members (excludes halogenated alkanes) is 7. The summed E-state index contributed by atoms with van der Waals surface area (Å²) < 4.78 is 19.1. The minimum absolute atomic E-state index is 0.181. The van der Waals surface area contributed by atoms with E-state index in [-0.39, 0.29) is 6.61 Å². The maximum atomic E-state index is 13.6. The Morgan fingerprint density at radius 1 is 0.900 bits per heavy atom. The van der Waals surface area contributed by atoms with E-state index in [0.717, 1.165) is 18.6 Å². The molecule has 0 aromatic heterocycles. The number of hydrogen-bond donors (Lipinski definition) is 0. The lowest BCUT2D eigenvalue weighted by Gasteiger charge is -2.10. The van der Waals surface area contributed by atoms with E-state index in [1.165, 1.54) is 38.5 Å². The van der Waals surface area contributed by atoms with Gasteiger partial charge in [-0.15, -0.1) is 0 Å². The molecule has 0 radical (unpaired) electrons. The zero-order valence-electron chi connectivity index (χ0n) is 12.8. The van der Waals surface area contributed by atoms with E-state index in [4.69, 9.17) is 4.74 Å². The Labute approximate surface area is 123 Å². The maximum absolute atomic E-state index is 13.6. The molecule has 0 spiro atoms. The second kappa shape index (κ2) is 11.7. The van der Waals surface area contributed by atoms with Gasteiger partial charge in [0.25, 0.3) is 0 Å². The molecule has 0 heterocycles. The molecule has 1 aromatic carbocycles. The molecule has 0 N–H and O–H groups in total. The Balaban J connectivity index is 1.91. The summed E-state index contributed by atoms with van der Waals surface area (Å²) in [5.41, 5.74) is 0. The topological polar surface area (TPSA) is 9.23 Å². The van der Waals surface area contributed by atoms with Crippen molar-refractivity contribution in [3.63, 3.8) is 0 Å². The van der Waals surface area contributed by atoms with Crippen molar-refractivity contribution in [3.05, 3.63) is 30.3 Å². The van der Waals surface area contributed by atoms with Crippen molar-refractivity contribution >= 4 is 0 Å². The number of para-hydroxylation sites is 1. The number of hydrogen-bond acceptors (Lipinski definition) is 1. The average Bonchev–Trinajstić information content (AvgIpc) is 2.49. The summed E-state index contributed by atoms with van der Waals surface area (Å²) in [6.07, 6.45) is 9.81. The van der Waals surface area contributed by atoms with Gasteiger partial charge in [-0.05, 0) is 18.6 Å². The van der Waals surface area contributed by atoms with Crippen LogP contribution in [0.15, 0.2) is 30.3 Å². The number of alkyl halides is 1. The van der Waals surface area contributed by atoms with Crippen LogP contribution in [0.2, 0.25) is 0 Å². The Hall–Kier alpha value is -1.05. The van der Waals surface area contributed by atoms with Crippen LogP contribution >= 0.6 is 0 Å². The molecule has 2 heteroatoms. The highest BCUT2D eigenvalue weighted by atomic mass is 19.1. The zero-order chi connectivity index (χ0) is 14.5. The second-order valence-corrected chi connectivity index (χ2v) is 5.48. The summed E-state index contributed by atoms with van der Waals surface area (Å²) in [6, 6.07) is 9.47. The van der Waals surface area contributed by atoms with Crippen molar-refractivity contribution in [2.45, 2.75) is 70.9 Å². The molecule has 1 atom stereocenters. The first kappa shape index (κ1) is 17.0. The number of halogens is 1. The molecule has 1 aromatic rings. The third-order valence-corrected chi connectivity index (χ3v) is 3.54. The largest absolute Gasteiger partial charge is 0.491 e. The third-order valence-electron chi connectivity index (χ3n) is 3.54. The van der Waals surface area contributed by atoms with Crippen LogP contribution in [0.3, 0.4) is 0 Å². The van der Waals surface area contributed by atoms with Crippen LogP contribution in [0, 0.1) is 0 Å². The predicted octanol–water partition coefficient (Wildman–Crippen LogP) is 5.93. The molecular formula is C18H29FO. The average molecular weight is 280 g/mol. The lowest BCUT2D eigenvalue weighted by Crippen LogP contribution is -2.12. The smallest absolute Gasteiger partial charge is 0.134 e. The molecular weight excluding hydrogens is 251 g/mol. The van der Waals surface area contributed by atoms with E-state index >= 15 is 0 Å². The standard InChI is InChI=1S/C18H29FO/c1-2-3-4-5-6-7-8-10-13-17(19)16-20-18-14-11-9-12-15-18/h9,11-12,14-15,17H,2-8,10,13,16H2,1H3. The van der Waals surface area contributed by atoms with Gasteiger partial charge >= 0.3 is 0 Å². The van der Waals surface area contributed by atoms with Gasteiger partial charge in [-0.2, -0.15) is 0 Å². The maximum Gasteiger partial charge on any atom is 0.134 e. The number of benzene rings is 1. The molecule has 114 valence electrons. The van der Waals surface area contributed by atoms with Crippen LogP contribution in [-0.4, -0.2) is 12.8 Å². The lowest BCUT2D eigenvalue weighted by molar-refractivity contribution is 0.184. The Kier molecular flexibility index (Phi) is 9.99. The number of ether oxygens (including phenoxy) is 1. The van der Waals surface area contributed by atoms with Crippen molar-refractivity contribution in [1.29, 1.82) is 0 Å². The predicted molar refractivity (Wildman–Crippen MR) is 84.1 cm³/mol. The van der Waals surface area contributed by atoms with E-state index in [2.05, 4.69) is 6.92 Å². The summed E-state index contributed by atoms with van der Waals surface area (Å²) in [7, 11) is 0. The van der Waals surface area contributed by atoms with E-state index in [1.807, 2.05) is 30.3 Å². The quantitative estimate of drug-likeness (QED) is 0.431. The molecule has 0 fully saturated rings. The van der Waals surface area contributed by atoms with Crippen LogP contribution in [-0.2, 0) is 0 Å². The van der Waals surface area contributed by atoms with Crippen molar-refractivity contribution in [2.75, 3.05) is 6.61 Å². The van der Waals surface area contributed by atoms with E-state index < -0.39 is 6.17 Å². The Morgan fingerprint density at radius 2 is 1.50 bits per heavy atom. The highest BCUT2D eigenvalue weighted by Gasteiger charge is 2.07. The van der Waals surface area contributed by atoms with Gasteiger partial charge in [0, 0.05) is 0 Å². The van der Waals surface area contributed by atoms with Gasteiger partial charge in [-0.25, -0.2) is 4.39 Å². The fourth-order valence-electron chi connectivity index (χ4n) is 2.29. The van der Waals surface area contributed by atoms with E-state index in [9.17, 15) is 4.39 Å². The van der Waals surface area contributed by atoms with Gasteiger partial charge < -0.3 is 4.74 Å². The first-order valence-corrected chi connectivity index (χ1v) is 8.15. The molecule has 0 bridgehead atoms. The highest BCUT2D eigenvalue weighted by Crippen LogP contribution is 2.14. The van der Waals surface area contributed by atoms with Gasteiger partial charge in [0.15, 0.2) is 0 Å². The molecule has 0 amide bonds. The fourth-order valence-corrected chi connectivity index (χ4v) is 2.29. The van der Waals surface area contributed by atoms with Crippen LogP contribution in [0.25, 0.3) is 0 Å². The van der Waals surface area contributed by atoms with Crippen LogP contribution in [0.5, 0.6) is 5.75 Å². The summed E-state index contributed by atoms with van der Waals surface area (Å²) in [5, 5.41) is 0. The molecule has 0 aliphatic rings. The highest BCUT2D eigenvalue weighted by molar-refractivity contribution is 5.20. The summed E-state index contributed by atoms with van der Waals surface area (Å²) in [6.45, 7) is 2.42. The van der Waals surface area contributed by atoms with Crippen molar-refractivity contribution in [1.82, 2.24) is 0 Å². The molecule has 1 rings (SSSR count). The molecule has 1 nitrogen and oxygen atoms in total. The first-order chi connectivity index (χ1) is 9.83. The van der Waals surface area contributed by atoms with Gasteiger partial charge in [0.2, 0.25) is 0 Å². The number of rotatable bonds is 12. The fraction of sp³-hybridized carbons (Fsp3) is 0.667. The summed E-state index contributed by atoms with van der Waals surface area (Å²) >= 11 is 0. The van der Waals surface area contributed by atoms with Gasteiger partial charge in [-0.3, -0.25) is 0 Å². The summed E-state index contributed by atoms with van der Waals surface area (Å²) in [4.78, 5) is 0. The van der Waals surface area contributed by atoms with E-state index in [0.29, 0.717) is 6.42 Å². The minimum Gasteiger partial charge on any atom is -0.491 e. The van der Waals surface area contributed by atoms with E-state index in [1.54, 1.807) is 0 Å². The minimum atomic E-state index is -0.838. The van der Waals surface area contributed by atoms with Gasteiger partial charge in [0.05, 0.1) is 0 Å². The Bertz CT molecular complexity index is 312. The third kappa shape index (κ3) is 8.95. The monoisotopic (exact) mass is 280 g/mol. The molecule has 0 aliphatic heterocycles.